The summed E-state index contributed by atoms with van der Waals surface area (Å²) in [6, 6.07) is 7.09. The molecule has 1 fully saturated rings. The van der Waals surface area contributed by atoms with Crippen LogP contribution < -0.4 is 4.74 Å². The summed E-state index contributed by atoms with van der Waals surface area (Å²) in [5, 5.41) is 0.614. The van der Waals surface area contributed by atoms with Crippen LogP contribution in [-0.2, 0) is 14.8 Å². The number of carbonyl (C=O) groups is 1. The fourth-order valence-electron chi connectivity index (χ4n) is 2.55. The van der Waals surface area contributed by atoms with Gasteiger partial charge >= 0.3 is 0 Å². The normalized spacial score (nSPS) is 15.8. The maximum Gasteiger partial charge on any atom is 0.260 e. The number of carbonyl (C=O) groups excluding carboxylic acids is 1. The summed E-state index contributed by atoms with van der Waals surface area (Å²) in [6.07, 6.45) is 1.17. The standard InChI is InChI=1S/C15H17ClN4O4S2/c1-26(22,23)20-8-6-19(7-9-20)13(21)10-24-15-14(17-25-18-15)11-2-4-12(16)5-3-11/h2-5H,6-10H2,1H3. The summed E-state index contributed by atoms with van der Waals surface area (Å²) >= 11 is 6.88. The first kappa shape index (κ1) is 19.0. The first-order valence-electron chi connectivity index (χ1n) is 7.79. The summed E-state index contributed by atoms with van der Waals surface area (Å²) in [7, 11) is -3.22. The van der Waals surface area contributed by atoms with Crippen molar-refractivity contribution in [3.05, 3.63) is 29.3 Å². The molecule has 1 aromatic heterocycles. The van der Waals surface area contributed by atoms with Gasteiger partial charge in [0, 0.05) is 36.8 Å². The molecule has 0 atom stereocenters. The lowest BCUT2D eigenvalue weighted by Gasteiger charge is -2.33. The van der Waals surface area contributed by atoms with E-state index in [1.54, 1.807) is 29.2 Å². The summed E-state index contributed by atoms with van der Waals surface area (Å²) in [4.78, 5) is 13.9. The van der Waals surface area contributed by atoms with Crippen LogP contribution in [0.25, 0.3) is 11.3 Å². The number of ether oxygens (including phenoxy) is 1. The van der Waals surface area contributed by atoms with Crippen molar-refractivity contribution in [2.75, 3.05) is 39.0 Å². The van der Waals surface area contributed by atoms with E-state index in [4.69, 9.17) is 16.3 Å². The fraction of sp³-hybridized carbons (Fsp3) is 0.400. The average Bonchev–Trinajstić information content (AvgIpc) is 3.08. The van der Waals surface area contributed by atoms with Gasteiger partial charge in [-0.2, -0.15) is 8.68 Å². The lowest BCUT2D eigenvalue weighted by molar-refractivity contribution is -0.134. The summed E-state index contributed by atoms with van der Waals surface area (Å²) in [6.45, 7) is 1.09. The van der Waals surface area contributed by atoms with Crippen LogP contribution in [0.2, 0.25) is 5.02 Å². The third kappa shape index (κ3) is 4.50. The molecule has 26 heavy (non-hydrogen) atoms. The van der Waals surface area contributed by atoms with Crippen molar-refractivity contribution in [3.8, 4) is 17.1 Å². The van der Waals surface area contributed by atoms with E-state index in [2.05, 4.69) is 8.75 Å². The third-order valence-corrected chi connectivity index (χ3v) is 6.04. The number of nitrogens with zero attached hydrogens (tertiary/aromatic N) is 4. The van der Waals surface area contributed by atoms with Crippen LogP contribution in [-0.4, -0.2) is 71.3 Å². The van der Waals surface area contributed by atoms with E-state index in [0.29, 0.717) is 42.8 Å². The molecule has 0 aliphatic carbocycles. The smallest absolute Gasteiger partial charge is 0.260 e. The number of sulfonamides is 1. The fourth-order valence-corrected chi connectivity index (χ4v) is 4.02. The number of hydrogen-bond acceptors (Lipinski definition) is 7. The molecule has 0 saturated carbocycles. The molecule has 3 rings (SSSR count). The highest BCUT2D eigenvalue weighted by Gasteiger charge is 2.26. The largest absolute Gasteiger partial charge is 0.465 e. The summed E-state index contributed by atoms with van der Waals surface area (Å²) in [5.41, 5.74) is 1.36. The van der Waals surface area contributed by atoms with Gasteiger partial charge in [0.15, 0.2) is 6.61 Å². The molecular weight excluding hydrogens is 400 g/mol. The molecule has 0 radical (unpaired) electrons. The predicted octanol–water partition coefficient (Wildman–Crippen LogP) is 1.34. The van der Waals surface area contributed by atoms with Gasteiger partial charge in [-0.1, -0.05) is 23.7 Å². The lowest BCUT2D eigenvalue weighted by Crippen LogP contribution is -2.51. The third-order valence-electron chi connectivity index (χ3n) is 3.97. The van der Waals surface area contributed by atoms with Gasteiger partial charge < -0.3 is 9.64 Å². The van der Waals surface area contributed by atoms with Gasteiger partial charge in [-0.05, 0) is 12.1 Å². The van der Waals surface area contributed by atoms with E-state index in [1.807, 2.05) is 0 Å². The van der Waals surface area contributed by atoms with Crippen molar-refractivity contribution >= 4 is 39.3 Å². The zero-order valence-electron chi connectivity index (χ0n) is 14.0. The van der Waals surface area contributed by atoms with Gasteiger partial charge in [0.25, 0.3) is 11.8 Å². The Morgan fingerprint density at radius 2 is 1.85 bits per heavy atom. The van der Waals surface area contributed by atoms with Crippen molar-refractivity contribution in [1.82, 2.24) is 18.0 Å². The molecule has 1 aliphatic rings. The van der Waals surface area contributed by atoms with E-state index < -0.39 is 10.0 Å². The topological polar surface area (TPSA) is 92.7 Å². The minimum atomic E-state index is -3.22. The highest BCUT2D eigenvalue weighted by Crippen LogP contribution is 2.28. The van der Waals surface area contributed by atoms with E-state index in [9.17, 15) is 13.2 Å². The van der Waals surface area contributed by atoms with Crippen LogP contribution in [0.3, 0.4) is 0 Å². The second kappa shape index (κ2) is 7.87. The molecule has 0 spiro atoms. The van der Waals surface area contributed by atoms with E-state index in [0.717, 1.165) is 17.3 Å². The SMILES string of the molecule is CS(=O)(=O)N1CCN(C(=O)COc2nsnc2-c2ccc(Cl)cc2)CC1. The van der Waals surface area contributed by atoms with E-state index in [-0.39, 0.29) is 12.5 Å². The first-order chi connectivity index (χ1) is 12.3. The number of benzene rings is 1. The number of amides is 1. The van der Waals surface area contributed by atoms with Gasteiger partial charge in [0.2, 0.25) is 10.0 Å². The maximum atomic E-state index is 12.3. The molecule has 8 nitrogen and oxygen atoms in total. The molecule has 1 saturated heterocycles. The molecule has 2 aromatic rings. The van der Waals surface area contributed by atoms with Crippen molar-refractivity contribution in [1.29, 1.82) is 0 Å². The Morgan fingerprint density at radius 3 is 2.46 bits per heavy atom. The van der Waals surface area contributed by atoms with Crippen LogP contribution in [0.15, 0.2) is 24.3 Å². The Morgan fingerprint density at radius 1 is 1.19 bits per heavy atom. The number of halogens is 1. The van der Waals surface area contributed by atoms with Crippen LogP contribution in [0.4, 0.5) is 0 Å². The number of rotatable bonds is 5. The van der Waals surface area contributed by atoms with Crippen molar-refractivity contribution in [2.24, 2.45) is 0 Å². The minimum absolute atomic E-state index is 0.176. The van der Waals surface area contributed by atoms with Crippen molar-refractivity contribution in [3.63, 3.8) is 0 Å². The number of piperazine rings is 1. The molecule has 11 heteroatoms. The van der Waals surface area contributed by atoms with Crippen LogP contribution >= 0.6 is 23.3 Å². The average molecular weight is 417 g/mol. The quantitative estimate of drug-likeness (QED) is 0.730. The highest BCUT2D eigenvalue weighted by molar-refractivity contribution is 7.88. The zero-order valence-corrected chi connectivity index (χ0v) is 16.4. The molecule has 0 N–H and O–H groups in total. The molecular formula is C15H17ClN4O4S2. The van der Waals surface area contributed by atoms with Crippen LogP contribution in [0.5, 0.6) is 5.88 Å². The zero-order chi connectivity index (χ0) is 18.7. The van der Waals surface area contributed by atoms with Gasteiger partial charge in [-0.15, -0.1) is 4.37 Å². The van der Waals surface area contributed by atoms with E-state index >= 15 is 0 Å². The Hall–Kier alpha value is -1.75. The molecule has 2 heterocycles. The molecule has 140 valence electrons. The van der Waals surface area contributed by atoms with Gasteiger partial charge in [-0.25, -0.2) is 8.42 Å². The van der Waals surface area contributed by atoms with Crippen molar-refractivity contribution < 1.29 is 17.9 Å². The Bertz CT molecular complexity index is 877. The first-order valence-corrected chi connectivity index (χ1v) is 10.7. The van der Waals surface area contributed by atoms with Crippen LogP contribution in [0, 0.1) is 0 Å². The lowest BCUT2D eigenvalue weighted by atomic mass is 10.2. The number of hydrogen-bond donors (Lipinski definition) is 0. The molecule has 1 aliphatic heterocycles. The summed E-state index contributed by atoms with van der Waals surface area (Å²) in [5.74, 6) is 0.0775. The van der Waals surface area contributed by atoms with Gasteiger partial charge in [0.05, 0.1) is 18.0 Å². The monoisotopic (exact) mass is 416 g/mol. The Kier molecular flexibility index (Phi) is 5.76. The molecule has 1 aromatic carbocycles. The maximum absolute atomic E-state index is 12.3. The Balaban J connectivity index is 1.58. The predicted molar refractivity (Wildman–Crippen MR) is 98.8 cm³/mol. The Labute approximate surface area is 160 Å². The second-order valence-corrected chi connectivity index (χ2v) is 8.70. The van der Waals surface area contributed by atoms with E-state index in [1.165, 1.54) is 10.6 Å². The highest BCUT2D eigenvalue weighted by atomic mass is 35.5. The number of aromatic nitrogens is 2. The van der Waals surface area contributed by atoms with Gasteiger partial charge in [-0.3, -0.25) is 4.79 Å². The minimum Gasteiger partial charge on any atom is -0.465 e. The molecule has 0 unspecified atom stereocenters. The second-order valence-electron chi connectivity index (χ2n) is 5.76. The molecule has 0 bridgehead atoms. The summed E-state index contributed by atoms with van der Waals surface area (Å²) < 4.78 is 38.2. The molecule has 1 amide bonds. The van der Waals surface area contributed by atoms with Crippen molar-refractivity contribution in [2.45, 2.75) is 0 Å². The van der Waals surface area contributed by atoms with Crippen LogP contribution in [0.1, 0.15) is 0 Å². The van der Waals surface area contributed by atoms with Gasteiger partial charge in [0.1, 0.15) is 5.69 Å².